The highest BCUT2D eigenvalue weighted by atomic mass is 79.9. The molecule has 0 bridgehead atoms. The molecular weight excluding hydrogens is 365 g/mol. The number of aliphatic hydroxyl groups is 1. The number of hydrogen-bond donors (Lipinski definition) is 3. The summed E-state index contributed by atoms with van der Waals surface area (Å²) in [5.74, 6) is 0.0791. The smallest absolute Gasteiger partial charge is 0.418 e. The number of rotatable bonds is 5. The maximum absolute atomic E-state index is 13.2. The predicted molar refractivity (Wildman–Crippen MR) is 82.4 cm³/mol. The van der Waals surface area contributed by atoms with Gasteiger partial charge in [-0.15, -0.1) is 0 Å². The standard InChI is InChI=1S/C14H18BrF3N2O2/c1-13(21)6-8(7-13)20-12-10(14(16,17)18)4-9(5-11(12)19)22-3-2-15/h4-5,8,20-21H,2-3,6-7,19H2,1H3. The minimum Gasteiger partial charge on any atom is -0.493 e. The van der Waals surface area contributed by atoms with E-state index >= 15 is 0 Å². The van der Waals surface area contributed by atoms with Crippen molar-refractivity contribution in [2.45, 2.75) is 37.6 Å². The Morgan fingerprint density at radius 2 is 2.09 bits per heavy atom. The highest BCUT2D eigenvalue weighted by Crippen LogP contribution is 2.43. The summed E-state index contributed by atoms with van der Waals surface area (Å²) in [6, 6.07) is 2.09. The van der Waals surface area contributed by atoms with E-state index in [0.717, 1.165) is 6.07 Å². The van der Waals surface area contributed by atoms with Crippen LogP contribution in [0.2, 0.25) is 0 Å². The van der Waals surface area contributed by atoms with Gasteiger partial charge >= 0.3 is 6.18 Å². The fraction of sp³-hybridized carbons (Fsp3) is 0.571. The number of anilines is 2. The molecule has 1 aliphatic rings. The van der Waals surface area contributed by atoms with Crippen LogP contribution >= 0.6 is 15.9 Å². The van der Waals surface area contributed by atoms with Crippen molar-refractivity contribution in [1.29, 1.82) is 0 Å². The van der Waals surface area contributed by atoms with Crippen molar-refractivity contribution in [2.24, 2.45) is 0 Å². The van der Waals surface area contributed by atoms with E-state index in [1.807, 2.05) is 0 Å². The van der Waals surface area contributed by atoms with Crippen molar-refractivity contribution < 1.29 is 23.0 Å². The molecule has 0 spiro atoms. The molecular formula is C14H18BrF3N2O2. The molecule has 0 amide bonds. The highest BCUT2D eigenvalue weighted by Gasteiger charge is 2.41. The lowest BCUT2D eigenvalue weighted by Crippen LogP contribution is -2.48. The molecule has 8 heteroatoms. The molecule has 22 heavy (non-hydrogen) atoms. The van der Waals surface area contributed by atoms with Crippen LogP contribution in [0.4, 0.5) is 24.5 Å². The average molecular weight is 383 g/mol. The summed E-state index contributed by atoms with van der Waals surface area (Å²) in [5, 5.41) is 13.0. The van der Waals surface area contributed by atoms with Crippen LogP contribution in [0.15, 0.2) is 12.1 Å². The summed E-state index contributed by atoms with van der Waals surface area (Å²) >= 11 is 3.14. The van der Waals surface area contributed by atoms with E-state index in [4.69, 9.17) is 10.5 Å². The summed E-state index contributed by atoms with van der Waals surface area (Å²) < 4.78 is 44.9. The van der Waals surface area contributed by atoms with Gasteiger partial charge in [-0.3, -0.25) is 0 Å². The van der Waals surface area contributed by atoms with Gasteiger partial charge in [-0.25, -0.2) is 0 Å². The molecule has 0 unspecified atom stereocenters. The predicted octanol–water partition coefficient (Wildman–Crippen LogP) is 3.39. The zero-order chi connectivity index (χ0) is 16.5. The van der Waals surface area contributed by atoms with Gasteiger partial charge in [-0.1, -0.05) is 15.9 Å². The Hall–Kier alpha value is -1.15. The Bertz CT molecular complexity index is 542. The van der Waals surface area contributed by atoms with Crippen LogP contribution in [0.25, 0.3) is 0 Å². The topological polar surface area (TPSA) is 67.5 Å². The summed E-state index contributed by atoms with van der Waals surface area (Å²) in [6.45, 7) is 1.89. The summed E-state index contributed by atoms with van der Waals surface area (Å²) in [5.41, 5.74) is 3.91. The van der Waals surface area contributed by atoms with Gasteiger partial charge in [0.05, 0.1) is 29.1 Å². The molecule has 2 rings (SSSR count). The van der Waals surface area contributed by atoms with Gasteiger partial charge in [0.1, 0.15) is 5.75 Å². The molecule has 0 radical (unpaired) electrons. The number of halogens is 4. The summed E-state index contributed by atoms with van der Waals surface area (Å²) in [4.78, 5) is 0. The second-order valence-electron chi connectivity index (χ2n) is 5.72. The van der Waals surface area contributed by atoms with Crippen LogP contribution < -0.4 is 15.8 Å². The van der Waals surface area contributed by atoms with Crippen molar-refractivity contribution in [3.05, 3.63) is 17.7 Å². The van der Waals surface area contributed by atoms with Crippen molar-refractivity contribution >= 4 is 27.3 Å². The Kier molecular flexibility index (Phi) is 4.81. The number of nitrogen functional groups attached to an aromatic ring is 1. The lowest BCUT2D eigenvalue weighted by atomic mass is 9.77. The molecule has 124 valence electrons. The van der Waals surface area contributed by atoms with Crippen LogP contribution in [0, 0.1) is 0 Å². The largest absolute Gasteiger partial charge is 0.493 e. The second kappa shape index (κ2) is 6.16. The van der Waals surface area contributed by atoms with Crippen molar-refractivity contribution in [3.8, 4) is 5.75 Å². The first-order chi connectivity index (χ1) is 10.1. The number of hydrogen-bond acceptors (Lipinski definition) is 4. The molecule has 4 N–H and O–H groups in total. The van der Waals surface area contributed by atoms with Crippen LogP contribution in [-0.4, -0.2) is 28.7 Å². The van der Waals surface area contributed by atoms with Gasteiger partial charge in [0, 0.05) is 17.4 Å². The van der Waals surface area contributed by atoms with Crippen LogP contribution in [0.3, 0.4) is 0 Å². The molecule has 1 aromatic rings. The minimum absolute atomic E-state index is 0.0223. The molecule has 4 nitrogen and oxygen atoms in total. The van der Waals surface area contributed by atoms with Crippen LogP contribution in [-0.2, 0) is 6.18 Å². The Labute approximate surface area is 135 Å². The Morgan fingerprint density at radius 1 is 1.45 bits per heavy atom. The van der Waals surface area contributed by atoms with Gasteiger partial charge in [0.2, 0.25) is 0 Å². The lowest BCUT2D eigenvalue weighted by molar-refractivity contribution is -0.137. The van der Waals surface area contributed by atoms with Gasteiger partial charge in [0.25, 0.3) is 0 Å². The molecule has 1 saturated carbocycles. The molecule has 0 aliphatic heterocycles. The van der Waals surface area contributed by atoms with Gasteiger partial charge in [-0.05, 0) is 25.8 Å². The average Bonchev–Trinajstić information content (AvgIpc) is 2.35. The summed E-state index contributed by atoms with van der Waals surface area (Å²) in [6.07, 6.45) is -3.78. The van der Waals surface area contributed by atoms with E-state index in [0.29, 0.717) is 18.2 Å². The number of alkyl halides is 4. The van der Waals surface area contributed by atoms with E-state index in [2.05, 4.69) is 21.2 Å². The third-order valence-electron chi connectivity index (χ3n) is 3.51. The van der Waals surface area contributed by atoms with Gasteiger partial charge in [-0.2, -0.15) is 13.2 Å². The second-order valence-corrected chi connectivity index (χ2v) is 6.51. The normalized spacial score (nSPS) is 24.7. The quantitative estimate of drug-likeness (QED) is 0.539. The van der Waals surface area contributed by atoms with Crippen molar-refractivity contribution in [1.82, 2.24) is 0 Å². The molecule has 0 aromatic heterocycles. The maximum Gasteiger partial charge on any atom is 0.418 e. The first-order valence-corrected chi connectivity index (χ1v) is 7.93. The van der Waals surface area contributed by atoms with Crippen molar-refractivity contribution in [3.63, 3.8) is 0 Å². The Balaban J connectivity index is 2.27. The molecule has 1 aromatic carbocycles. The molecule has 1 fully saturated rings. The SMILES string of the molecule is CC1(O)CC(Nc2c(N)cc(OCCBr)cc2C(F)(F)F)C1. The molecule has 0 heterocycles. The van der Waals surface area contributed by atoms with E-state index in [-0.39, 0.29) is 29.8 Å². The molecule has 0 atom stereocenters. The number of nitrogens with two attached hydrogens (primary N) is 1. The van der Waals surface area contributed by atoms with E-state index < -0.39 is 17.3 Å². The minimum atomic E-state index is -4.55. The van der Waals surface area contributed by atoms with E-state index in [9.17, 15) is 18.3 Å². The lowest BCUT2D eigenvalue weighted by Gasteiger charge is -2.42. The zero-order valence-electron chi connectivity index (χ0n) is 12.0. The maximum atomic E-state index is 13.2. The monoisotopic (exact) mass is 382 g/mol. The Morgan fingerprint density at radius 3 is 2.59 bits per heavy atom. The number of nitrogens with one attached hydrogen (secondary N) is 1. The van der Waals surface area contributed by atoms with E-state index in [1.165, 1.54) is 6.07 Å². The first kappa shape index (κ1) is 17.2. The van der Waals surface area contributed by atoms with Crippen molar-refractivity contribution in [2.75, 3.05) is 23.0 Å². The number of benzene rings is 1. The third-order valence-corrected chi connectivity index (χ3v) is 3.84. The number of ether oxygens (including phenoxy) is 1. The highest BCUT2D eigenvalue weighted by molar-refractivity contribution is 9.09. The van der Waals surface area contributed by atoms with E-state index in [1.54, 1.807) is 6.92 Å². The van der Waals surface area contributed by atoms with Gasteiger partial charge in [0.15, 0.2) is 0 Å². The van der Waals surface area contributed by atoms with Gasteiger partial charge < -0.3 is 20.9 Å². The first-order valence-electron chi connectivity index (χ1n) is 6.81. The fourth-order valence-corrected chi connectivity index (χ4v) is 2.73. The fourth-order valence-electron chi connectivity index (χ4n) is 2.57. The third kappa shape index (κ3) is 3.98. The molecule has 1 aliphatic carbocycles. The van der Waals surface area contributed by atoms with Crippen LogP contribution in [0.1, 0.15) is 25.3 Å². The summed E-state index contributed by atoms with van der Waals surface area (Å²) in [7, 11) is 0. The van der Waals surface area contributed by atoms with Crippen LogP contribution in [0.5, 0.6) is 5.75 Å². The molecule has 0 saturated heterocycles. The zero-order valence-corrected chi connectivity index (χ0v) is 13.6.